The third kappa shape index (κ3) is 1.84. The van der Waals surface area contributed by atoms with Crippen LogP contribution < -0.4 is 5.48 Å². The van der Waals surface area contributed by atoms with Crippen molar-refractivity contribution >= 4 is 0 Å². The van der Waals surface area contributed by atoms with Gasteiger partial charge in [0.1, 0.15) is 0 Å². The molecule has 0 unspecified atom stereocenters. The molecule has 0 radical (unpaired) electrons. The van der Waals surface area contributed by atoms with Gasteiger partial charge in [0.2, 0.25) is 0 Å². The molecule has 0 aromatic rings. The van der Waals surface area contributed by atoms with E-state index in [-0.39, 0.29) is 5.41 Å². The van der Waals surface area contributed by atoms with Crippen molar-refractivity contribution in [3.63, 3.8) is 0 Å². The fraction of sp³-hybridized carbons (Fsp3) is 0.700. The lowest BCUT2D eigenvalue weighted by Crippen LogP contribution is -2.03. The largest absolute Gasteiger partial charge is 0.291 e. The number of nitriles is 1. The van der Waals surface area contributed by atoms with Crippen molar-refractivity contribution in [2.45, 2.75) is 27.2 Å². The summed E-state index contributed by atoms with van der Waals surface area (Å²) in [5, 5.41) is 17.2. The lowest BCUT2D eigenvalue weighted by Gasteiger charge is -1.99. The van der Waals surface area contributed by atoms with E-state index in [4.69, 9.17) is 10.5 Å². The Morgan fingerprint density at radius 1 is 1.69 bits per heavy atom. The molecule has 1 rings (SSSR count). The van der Waals surface area contributed by atoms with Crippen LogP contribution in [0.5, 0.6) is 0 Å². The fourth-order valence-electron chi connectivity index (χ4n) is 1.91. The zero-order valence-electron chi connectivity index (χ0n) is 8.33. The van der Waals surface area contributed by atoms with Crippen LogP contribution in [0.2, 0.25) is 0 Å². The van der Waals surface area contributed by atoms with Crippen LogP contribution in [0.3, 0.4) is 0 Å². The van der Waals surface area contributed by atoms with E-state index in [1.807, 2.05) is 13.0 Å². The zero-order valence-corrected chi connectivity index (χ0v) is 8.33. The highest BCUT2D eigenvalue weighted by atomic mass is 16.5. The van der Waals surface area contributed by atoms with Crippen LogP contribution >= 0.6 is 0 Å². The number of hydrogen-bond acceptors (Lipinski definition) is 3. The third-order valence-electron chi connectivity index (χ3n) is 3.06. The predicted molar refractivity (Wildman–Crippen MR) is 49.7 cm³/mol. The van der Waals surface area contributed by atoms with Crippen LogP contribution in [0.25, 0.3) is 0 Å². The average Bonchev–Trinajstić information content (AvgIpc) is 2.56. The Bertz CT molecular complexity index is 263. The molecule has 0 aromatic heterocycles. The molecule has 0 heterocycles. The molecule has 0 aliphatic heterocycles. The number of hydroxylamine groups is 1. The van der Waals surface area contributed by atoms with E-state index in [0.29, 0.717) is 18.3 Å². The highest BCUT2D eigenvalue weighted by molar-refractivity contribution is 5.18. The minimum absolute atomic E-state index is 0.216. The first-order valence-electron chi connectivity index (χ1n) is 4.49. The van der Waals surface area contributed by atoms with Crippen LogP contribution in [-0.4, -0.2) is 5.21 Å². The molecule has 0 bridgehead atoms. The van der Waals surface area contributed by atoms with E-state index in [9.17, 15) is 0 Å². The van der Waals surface area contributed by atoms with Gasteiger partial charge in [-0.05, 0) is 24.2 Å². The maximum absolute atomic E-state index is 8.61. The van der Waals surface area contributed by atoms with E-state index in [0.717, 1.165) is 5.70 Å². The van der Waals surface area contributed by atoms with Gasteiger partial charge in [-0.2, -0.15) is 5.26 Å². The van der Waals surface area contributed by atoms with Gasteiger partial charge in [-0.3, -0.25) is 10.7 Å². The Balaban J connectivity index is 2.61. The lowest BCUT2D eigenvalue weighted by molar-refractivity contribution is 0.200. The van der Waals surface area contributed by atoms with E-state index in [1.54, 1.807) is 0 Å². The molecule has 13 heavy (non-hydrogen) atoms. The van der Waals surface area contributed by atoms with E-state index in [1.165, 1.54) is 0 Å². The fourth-order valence-corrected chi connectivity index (χ4v) is 1.91. The minimum Gasteiger partial charge on any atom is -0.291 e. The molecule has 2 N–H and O–H groups in total. The maximum atomic E-state index is 8.61. The van der Waals surface area contributed by atoms with Crippen LogP contribution in [0.15, 0.2) is 11.8 Å². The predicted octanol–water partition coefficient (Wildman–Crippen LogP) is 2.05. The van der Waals surface area contributed by atoms with Crippen LogP contribution in [0.1, 0.15) is 27.2 Å². The summed E-state index contributed by atoms with van der Waals surface area (Å²) in [5.41, 5.74) is 3.09. The Labute approximate surface area is 79.0 Å². The molecule has 0 saturated heterocycles. The Hall–Kier alpha value is -1.01. The van der Waals surface area contributed by atoms with Crippen molar-refractivity contribution in [3.8, 4) is 6.07 Å². The summed E-state index contributed by atoms with van der Waals surface area (Å²) in [4.78, 5) is 0. The summed E-state index contributed by atoms with van der Waals surface area (Å²) < 4.78 is 0. The molecule has 72 valence electrons. The molecule has 3 nitrogen and oxygen atoms in total. The first-order chi connectivity index (χ1) is 6.04. The maximum Gasteiger partial charge on any atom is 0.0625 e. The molecule has 0 spiro atoms. The van der Waals surface area contributed by atoms with Crippen molar-refractivity contribution in [1.29, 1.82) is 5.26 Å². The number of hydrogen-bond donors (Lipinski definition) is 2. The molecule has 2 atom stereocenters. The van der Waals surface area contributed by atoms with Gasteiger partial charge in [-0.25, -0.2) is 0 Å². The summed E-state index contributed by atoms with van der Waals surface area (Å²) in [5.74, 6) is 0.868. The molecule has 0 amide bonds. The molecule has 1 aliphatic rings. The Morgan fingerprint density at radius 2 is 2.31 bits per heavy atom. The summed E-state index contributed by atoms with van der Waals surface area (Å²) in [6, 6.07) is 2.19. The first kappa shape index (κ1) is 10.1. The van der Waals surface area contributed by atoms with Crippen LogP contribution in [0.4, 0.5) is 0 Å². The van der Waals surface area contributed by atoms with Gasteiger partial charge in [-0.15, -0.1) is 0 Å². The van der Waals surface area contributed by atoms with Crippen LogP contribution in [0, 0.1) is 28.6 Å². The molecule has 1 saturated carbocycles. The second-order valence-corrected chi connectivity index (χ2v) is 4.28. The zero-order chi connectivity index (χ0) is 10.1. The number of nitrogens with one attached hydrogen (secondary N) is 1. The third-order valence-corrected chi connectivity index (χ3v) is 3.06. The topological polar surface area (TPSA) is 56.0 Å². The number of rotatable bonds is 3. The van der Waals surface area contributed by atoms with Gasteiger partial charge >= 0.3 is 0 Å². The second-order valence-electron chi connectivity index (χ2n) is 4.28. The monoisotopic (exact) mass is 180 g/mol. The van der Waals surface area contributed by atoms with Crippen molar-refractivity contribution in [3.05, 3.63) is 11.8 Å². The summed E-state index contributed by atoms with van der Waals surface area (Å²) in [6.07, 6.45) is 2.61. The van der Waals surface area contributed by atoms with Gasteiger partial charge in [0.25, 0.3) is 0 Å². The lowest BCUT2D eigenvalue weighted by atomic mass is 10.1. The summed E-state index contributed by atoms with van der Waals surface area (Å²) in [6.45, 7) is 6.12. The minimum atomic E-state index is 0.216. The van der Waals surface area contributed by atoms with Gasteiger partial charge < -0.3 is 0 Å². The Kier molecular flexibility index (Phi) is 2.63. The summed E-state index contributed by atoms with van der Waals surface area (Å²) >= 11 is 0. The van der Waals surface area contributed by atoms with Gasteiger partial charge in [0, 0.05) is 12.1 Å². The molecular formula is C10H16N2O. The van der Waals surface area contributed by atoms with E-state index >= 15 is 0 Å². The molecular weight excluding hydrogens is 164 g/mol. The van der Waals surface area contributed by atoms with Crippen molar-refractivity contribution < 1.29 is 5.21 Å². The average molecular weight is 180 g/mol. The van der Waals surface area contributed by atoms with Gasteiger partial charge in [-0.1, -0.05) is 19.9 Å². The normalized spacial score (nSPS) is 30.8. The second kappa shape index (κ2) is 3.39. The van der Waals surface area contributed by atoms with Crippen LogP contribution in [-0.2, 0) is 0 Å². The first-order valence-corrected chi connectivity index (χ1v) is 4.49. The highest BCUT2D eigenvalue weighted by Crippen LogP contribution is 2.60. The standard InChI is InChI=1S/C10H16N2O/c1-7(12-13)6-9-8(4-5-11)10(9,2)3/h6,8-9,12-13H,4H2,1-3H3/t8-,9+/m0/s1. The van der Waals surface area contributed by atoms with E-state index < -0.39 is 0 Å². The number of nitrogens with zero attached hydrogens (tertiary/aromatic N) is 1. The van der Waals surface area contributed by atoms with Crippen molar-refractivity contribution in [1.82, 2.24) is 5.48 Å². The molecule has 1 aliphatic carbocycles. The summed E-state index contributed by atoms with van der Waals surface area (Å²) in [7, 11) is 0. The van der Waals surface area contributed by atoms with Crippen molar-refractivity contribution in [2.24, 2.45) is 17.3 Å². The smallest absolute Gasteiger partial charge is 0.0625 e. The molecule has 0 aromatic carbocycles. The van der Waals surface area contributed by atoms with Crippen molar-refractivity contribution in [2.75, 3.05) is 0 Å². The molecule has 1 fully saturated rings. The molecule has 3 heteroatoms. The quantitative estimate of drug-likeness (QED) is 0.653. The SMILES string of the molecule is CC(=C[C@@H]1[C@H](CC#N)C1(C)C)NO. The number of allylic oxidation sites excluding steroid dienone is 2. The van der Waals surface area contributed by atoms with E-state index in [2.05, 4.69) is 25.4 Å². The van der Waals surface area contributed by atoms with Gasteiger partial charge in [0.05, 0.1) is 6.07 Å². The van der Waals surface area contributed by atoms with Gasteiger partial charge in [0.15, 0.2) is 0 Å². The highest BCUT2D eigenvalue weighted by Gasteiger charge is 2.55. The Morgan fingerprint density at radius 3 is 2.77 bits per heavy atom.